The average molecular weight is 327 g/mol. The summed E-state index contributed by atoms with van der Waals surface area (Å²) in [5.74, 6) is 0. The molecule has 6 heavy (non-hydrogen) atoms. The van der Waals surface area contributed by atoms with Gasteiger partial charge in [-0.3, -0.25) is 0 Å². The molecule has 0 spiro atoms. The fourth-order valence-electron chi connectivity index (χ4n) is 0. The second-order valence-electron chi connectivity index (χ2n) is 0. The van der Waals surface area contributed by atoms with Gasteiger partial charge in [-0.05, 0) is 0 Å². The monoisotopic (exact) mass is 325 g/mol. The van der Waals surface area contributed by atoms with E-state index in [0.29, 0.717) is 0 Å². The molecule has 0 aromatic heterocycles. The van der Waals surface area contributed by atoms with Gasteiger partial charge in [0, 0.05) is 0 Å². The maximum atomic E-state index is 0. The molecule has 0 fully saturated rings. The van der Waals surface area contributed by atoms with E-state index in [9.17, 15) is 0 Å². The standard InChI is InChI=1S/4ClH.Cr.Cs/h4*1H;;/q;;;;+3;+1/p-4. The Morgan fingerprint density at radius 2 is 0.500 bits per heavy atom. The molecule has 0 unspecified atom stereocenters. The minimum absolute atomic E-state index is 0. The van der Waals surface area contributed by atoms with Crippen LogP contribution in [0.4, 0.5) is 0 Å². The summed E-state index contributed by atoms with van der Waals surface area (Å²) in [4.78, 5) is 0. The summed E-state index contributed by atoms with van der Waals surface area (Å²) in [6.07, 6.45) is 0. The van der Waals surface area contributed by atoms with Crippen LogP contribution in [0, 0.1) is 0 Å². The molecule has 0 bridgehead atoms. The zero-order chi connectivity index (χ0) is 0. The molecule has 0 aromatic carbocycles. The van der Waals surface area contributed by atoms with Crippen molar-refractivity contribution in [2.24, 2.45) is 0 Å². The largest absolute Gasteiger partial charge is 3.00 e. The maximum Gasteiger partial charge on any atom is 3.00 e. The third-order valence-electron chi connectivity index (χ3n) is 0. The number of hydrogen-bond donors (Lipinski definition) is 0. The Morgan fingerprint density at radius 1 is 0.500 bits per heavy atom. The molecular weight excluding hydrogens is 327 g/mol. The molecule has 35 valence electrons. The third kappa shape index (κ3) is 25.1. The van der Waals surface area contributed by atoms with Crippen LogP contribution in [0.1, 0.15) is 0 Å². The molecule has 0 nitrogen and oxygen atoms in total. The second kappa shape index (κ2) is 37.4. The normalized spacial score (nSPS) is 0. The predicted octanol–water partition coefficient (Wildman–Crippen LogP) is -15.0. The molecule has 0 aliphatic carbocycles. The van der Waals surface area contributed by atoms with Crippen LogP contribution in [0.2, 0.25) is 0 Å². The van der Waals surface area contributed by atoms with Crippen molar-refractivity contribution in [3.63, 3.8) is 0 Å². The first-order valence-corrected chi connectivity index (χ1v) is 0. The Kier molecular flexibility index (Phi) is 331. The summed E-state index contributed by atoms with van der Waals surface area (Å²) in [5, 5.41) is 0. The number of rotatable bonds is 0. The fourth-order valence-corrected chi connectivity index (χ4v) is 0. The van der Waals surface area contributed by atoms with Crippen LogP contribution >= 0.6 is 0 Å². The van der Waals surface area contributed by atoms with Gasteiger partial charge in [0.1, 0.15) is 0 Å². The summed E-state index contributed by atoms with van der Waals surface area (Å²) in [5.41, 5.74) is 0. The first-order chi connectivity index (χ1) is 0. The summed E-state index contributed by atoms with van der Waals surface area (Å²) in [6, 6.07) is 0. The molecule has 0 atom stereocenters. The molecular formula is Cl4CrCs. The third-order valence-corrected chi connectivity index (χ3v) is 0. The topological polar surface area (TPSA) is 0 Å². The van der Waals surface area contributed by atoms with Crippen molar-refractivity contribution in [1.82, 2.24) is 0 Å². The van der Waals surface area contributed by atoms with E-state index >= 15 is 0 Å². The van der Waals surface area contributed by atoms with Crippen molar-refractivity contribution in [2.45, 2.75) is 0 Å². The molecule has 0 rings (SSSR count). The van der Waals surface area contributed by atoms with Crippen molar-refractivity contribution in [1.29, 1.82) is 0 Å². The van der Waals surface area contributed by atoms with Gasteiger partial charge in [-0.1, -0.05) is 0 Å². The summed E-state index contributed by atoms with van der Waals surface area (Å²) < 4.78 is 0. The van der Waals surface area contributed by atoms with Crippen molar-refractivity contribution >= 4 is 0 Å². The minimum Gasteiger partial charge on any atom is -1.00 e. The molecule has 0 aliphatic heterocycles. The van der Waals surface area contributed by atoms with E-state index in [-0.39, 0.29) is 136 Å². The van der Waals surface area contributed by atoms with Crippen LogP contribution in [-0.4, -0.2) is 0 Å². The van der Waals surface area contributed by atoms with E-state index in [1.165, 1.54) is 0 Å². The summed E-state index contributed by atoms with van der Waals surface area (Å²) in [6.45, 7) is 0. The van der Waals surface area contributed by atoms with Gasteiger partial charge in [-0.25, -0.2) is 0 Å². The minimum atomic E-state index is 0. The Balaban J connectivity index is 0. The number of hydrogen-bond acceptors (Lipinski definition) is 0. The predicted molar refractivity (Wildman–Crippen MR) is 0 cm³/mol. The number of halogens is 4. The maximum absolute atomic E-state index is 0. The van der Waals surface area contributed by atoms with E-state index in [2.05, 4.69) is 0 Å². The summed E-state index contributed by atoms with van der Waals surface area (Å²) >= 11 is 0. The van der Waals surface area contributed by atoms with E-state index in [1.54, 1.807) is 0 Å². The van der Waals surface area contributed by atoms with Gasteiger partial charge in [-0.2, -0.15) is 0 Å². The zero-order valence-electron chi connectivity index (χ0n) is 2.92. The first-order valence-electron chi connectivity index (χ1n) is 0. The SMILES string of the molecule is [Cl-].[Cl-].[Cl-].[Cl-].[Cr+3].[Cs+]. The van der Waals surface area contributed by atoms with E-state index in [0.717, 1.165) is 0 Å². The molecule has 0 heterocycles. The van der Waals surface area contributed by atoms with Crippen molar-refractivity contribution < 1.29 is 136 Å². The molecule has 0 aromatic rings. The molecule has 1 radical (unpaired) electrons. The van der Waals surface area contributed by atoms with Gasteiger partial charge in [0.05, 0.1) is 0 Å². The fraction of sp³-hybridized carbons (Fsp3) is 0. The Morgan fingerprint density at radius 3 is 0.500 bits per heavy atom. The molecule has 0 N–H and O–H groups in total. The quantitative estimate of drug-likeness (QED) is 0.415. The smallest absolute Gasteiger partial charge is 1.00 e. The van der Waals surface area contributed by atoms with Crippen molar-refractivity contribution in [3.8, 4) is 0 Å². The van der Waals surface area contributed by atoms with Gasteiger partial charge in [0.25, 0.3) is 0 Å². The van der Waals surface area contributed by atoms with E-state index in [1.807, 2.05) is 0 Å². The van der Waals surface area contributed by atoms with Crippen molar-refractivity contribution in [2.75, 3.05) is 0 Å². The molecule has 0 amide bonds. The zero-order valence-corrected chi connectivity index (χ0v) is 13.5. The van der Waals surface area contributed by atoms with E-state index in [4.69, 9.17) is 0 Å². The second-order valence-corrected chi connectivity index (χ2v) is 0. The van der Waals surface area contributed by atoms with Gasteiger partial charge in [-0.15, -0.1) is 0 Å². The van der Waals surface area contributed by atoms with Gasteiger partial charge >= 0.3 is 86.3 Å². The summed E-state index contributed by atoms with van der Waals surface area (Å²) in [7, 11) is 0. The van der Waals surface area contributed by atoms with Gasteiger partial charge < -0.3 is 49.6 Å². The first kappa shape index (κ1) is 53.1. The molecule has 6 heteroatoms. The van der Waals surface area contributed by atoms with Gasteiger partial charge in [0.2, 0.25) is 0 Å². The molecule has 0 aliphatic rings. The average Bonchev–Trinajstić information content (AvgIpc) is 0. The molecule has 0 saturated heterocycles. The van der Waals surface area contributed by atoms with Crippen molar-refractivity contribution in [3.05, 3.63) is 0 Å². The van der Waals surface area contributed by atoms with Crippen LogP contribution in [0.15, 0.2) is 0 Å². The van der Waals surface area contributed by atoms with E-state index < -0.39 is 0 Å². The molecule has 0 saturated carbocycles. The Bertz CT molecular complexity index is 7.51. The van der Waals surface area contributed by atoms with Gasteiger partial charge in [0.15, 0.2) is 0 Å². The Labute approximate surface area is 132 Å². The Hall–Kier alpha value is 3.74. The van der Waals surface area contributed by atoms with Crippen LogP contribution < -0.4 is 119 Å². The van der Waals surface area contributed by atoms with Crippen LogP contribution in [-0.2, 0) is 17.4 Å². The van der Waals surface area contributed by atoms with Crippen LogP contribution in [0.5, 0.6) is 0 Å². The van der Waals surface area contributed by atoms with Crippen LogP contribution in [0.3, 0.4) is 0 Å². The van der Waals surface area contributed by atoms with Crippen LogP contribution in [0.25, 0.3) is 0 Å².